The average molecular weight is 356 g/mol. The molecule has 1 fully saturated rings. The second-order valence-corrected chi connectivity index (χ2v) is 8.71. The van der Waals surface area contributed by atoms with Gasteiger partial charge in [-0.3, -0.25) is 10.1 Å². The Hall–Kier alpha value is -0.360. The minimum Gasteiger partial charge on any atom is -0.371 e. The van der Waals surface area contributed by atoms with Gasteiger partial charge in [0.1, 0.15) is 0 Å². The zero-order chi connectivity index (χ0) is 14.8. The van der Waals surface area contributed by atoms with E-state index in [2.05, 4.69) is 4.90 Å². The first kappa shape index (κ1) is 16.0. The van der Waals surface area contributed by atoms with Gasteiger partial charge >= 0.3 is 0 Å². The van der Waals surface area contributed by atoms with Crippen molar-refractivity contribution in [2.24, 2.45) is 0 Å². The summed E-state index contributed by atoms with van der Waals surface area (Å²) in [4.78, 5) is 13.3. The summed E-state index contributed by atoms with van der Waals surface area (Å²) in [5.74, 6) is 0. The second-order valence-electron chi connectivity index (χ2n) is 4.50. The van der Waals surface area contributed by atoms with Gasteiger partial charge in [0.25, 0.3) is 5.69 Å². The van der Waals surface area contributed by atoms with E-state index in [1.807, 2.05) is 0 Å². The predicted octanol–water partition coefficient (Wildman–Crippen LogP) is 5.00. The van der Waals surface area contributed by atoms with Crippen LogP contribution in [0, 0.1) is 10.1 Å². The molecule has 0 atom stereocenters. The molecule has 1 aromatic carbocycles. The lowest BCUT2D eigenvalue weighted by Crippen LogP contribution is -2.29. The Bertz CT molecular complexity index is 502. The largest absolute Gasteiger partial charge is 0.371 e. The van der Waals surface area contributed by atoms with E-state index < -0.39 is 8.05 Å². The second kappa shape index (κ2) is 6.60. The van der Waals surface area contributed by atoms with E-state index >= 15 is 0 Å². The molecule has 110 valence electrons. The lowest BCUT2D eigenvalue weighted by Gasteiger charge is -2.30. The zero-order valence-electron chi connectivity index (χ0n) is 10.5. The van der Waals surface area contributed by atoms with Gasteiger partial charge in [-0.15, -0.1) is 0 Å². The topological polar surface area (TPSA) is 46.4 Å². The fourth-order valence-electron chi connectivity index (χ4n) is 2.22. The van der Waals surface area contributed by atoms with Crippen molar-refractivity contribution in [2.75, 3.05) is 18.0 Å². The minimum absolute atomic E-state index is 0.00232. The van der Waals surface area contributed by atoms with Crippen LogP contribution < -0.4 is 4.90 Å². The number of alkyl halides is 3. The minimum atomic E-state index is -1.54. The Morgan fingerprint density at radius 2 is 1.85 bits per heavy atom. The number of benzene rings is 1. The maximum absolute atomic E-state index is 10.9. The normalized spacial score (nSPS) is 16.2. The molecule has 0 unspecified atom stereocenters. The van der Waals surface area contributed by atoms with Crippen LogP contribution in [0.3, 0.4) is 0 Å². The Morgan fingerprint density at radius 1 is 1.20 bits per heavy atom. The van der Waals surface area contributed by atoms with Crippen LogP contribution in [0.15, 0.2) is 23.1 Å². The highest BCUT2D eigenvalue weighted by Gasteiger charge is 2.26. The quantitative estimate of drug-likeness (QED) is 0.331. The van der Waals surface area contributed by atoms with E-state index in [9.17, 15) is 10.1 Å². The number of thioether (sulfide) groups is 1. The molecule has 0 bridgehead atoms. The van der Waals surface area contributed by atoms with E-state index in [0.717, 1.165) is 43.4 Å². The fraction of sp³-hybridized carbons (Fsp3) is 0.500. The molecule has 20 heavy (non-hydrogen) atoms. The fourth-order valence-corrected chi connectivity index (χ4v) is 3.70. The van der Waals surface area contributed by atoms with E-state index in [-0.39, 0.29) is 5.69 Å². The maximum atomic E-state index is 10.9. The van der Waals surface area contributed by atoms with E-state index in [1.54, 1.807) is 6.07 Å². The molecule has 0 spiro atoms. The van der Waals surface area contributed by atoms with Crippen LogP contribution in [0.4, 0.5) is 11.4 Å². The summed E-state index contributed by atoms with van der Waals surface area (Å²) in [5, 5.41) is 10.9. The predicted molar refractivity (Wildman–Crippen MR) is 85.3 cm³/mol. The molecule has 8 heteroatoms. The van der Waals surface area contributed by atoms with Gasteiger partial charge in [-0.1, -0.05) is 46.6 Å². The third kappa shape index (κ3) is 4.32. The third-order valence-electron chi connectivity index (χ3n) is 3.08. The highest BCUT2D eigenvalue weighted by atomic mass is 35.6. The van der Waals surface area contributed by atoms with Crippen molar-refractivity contribution in [1.82, 2.24) is 0 Å². The Labute approximate surface area is 136 Å². The summed E-state index contributed by atoms with van der Waals surface area (Å²) in [5.41, 5.74) is 0.897. The molecule has 0 N–H and O–H groups in total. The van der Waals surface area contributed by atoms with Crippen molar-refractivity contribution in [3.63, 3.8) is 0 Å². The van der Waals surface area contributed by atoms with Gasteiger partial charge in [0.2, 0.25) is 3.12 Å². The number of hydrogen-bond donors (Lipinski definition) is 0. The Morgan fingerprint density at radius 3 is 2.40 bits per heavy atom. The van der Waals surface area contributed by atoms with Gasteiger partial charge in [-0.2, -0.15) is 0 Å². The molecule has 1 aliphatic heterocycles. The first-order valence-corrected chi connectivity index (χ1v) is 8.11. The van der Waals surface area contributed by atoms with E-state index in [0.29, 0.717) is 4.90 Å². The Balaban J connectivity index is 2.35. The number of hydrogen-bond acceptors (Lipinski definition) is 4. The summed E-state index contributed by atoms with van der Waals surface area (Å²) in [6.07, 6.45) is 3.42. The van der Waals surface area contributed by atoms with Crippen molar-refractivity contribution >= 4 is 57.9 Å². The molecule has 1 aliphatic rings. The standard InChI is InChI=1S/C12H13Cl3N2O2S/c13-12(14,15)20-11-8-9(17(18)19)4-5-10(11)16-6-2-1-3-7-16/h4-5,8H,1-3,6-7H2. The molecule has 2 rings (SSSR count). The van der Waals surface area contributed by atoms with Crippen LogP contribution in [0.5, 0.6) is 0 Å². The van der Waals surface area contributed by atoms with Crippen LogP contribution in [0.2, 0.25) is 0 Å². The number of nitrogens with zero attached hydrogens (tertiary/aromatic N) is 2. The molecule has 4 nitrogen and oxygen atoms in total. The molecule has 1 heterocycles. The number of rotatable bonds is 3. The number of halogens is 3. The Kier molecular flexibility index (Phi) is 5.29. The monoisotopic (exact) mass is 354 g/mol. The molecule has 0 saturated carbocycles. The smallest absolute Gasteiger partial charge is 0.270 e. The number of nitro benzene ring substituents is 1. The molecule has 0 amide bonds. The molecule has 0 radical (unpaired) electrons. The van der Waals surface area contributed by atoms with Crippen molar-refractivity contribution in [1.29, 1.82) is 0 Å². The van der Waals surface area contributed by atoms with Crippen LogP contribution in [-0.2, 0) is 0 Å². The van der Waals surface area contributed by atoms with Gasteiger partial charge in [-0.05, 0) is 25.3 Å². The van der Waals surface area contributed by atoms with Crippen molar-refractivity contribution in [2.45, 2.75) is 27.3 Å². The van der Waals surface area contributed by atoms with Crippen molar-refractivity contribution < 1.29 is 4.92 Å². The molecule has 1 aromatic rings. The number of nitro groups is 1. The highest BCUT2D eigenvalue weighted by Crippen LogP contribution is 2.47. The summed E-state index contributed by atoms with van der Waals surface area (Å²) in [6, 6.07) is 4.70. The van der Waals surface area contributed by atoms with Gasteiger partial charge < -0.3 is 4.90 Å². The maximum Gasteiger partial charge on any atom is 0.270 e. The summed E-state index contributed by atoms with van der Waals surface area (Å²) in [7, 11) is 0. The number of piperidine rings is 1. The summed E-state index contributed by atoms with van der Waals surface area (Å²) < 4.78 is -1.54. The molecular formula is C12H13Cl3N2O2S. The first-order valence-electron chi connectivity index (χ1n) is 6.16. The number of anilines is 1. The molecule has 0 aromatic heterocycles. The van der Waals surface area contributed by atoms with Gasteiger partial charge in [0.05, 0.1) is 10.6 Å². The van der Waals surface area contributed by atoms with Gasteiger partial charge in [0.15, 0.2) is 0 Å². The lowest BCUT2D eigenvalue weighted by atomic mass is 10.1. The van der Waals surface area contributed by atoms with Crippen LogP contribution in [-0.4, -0.2) is 21.1 Å². The summed E-state index contributed by atoms with van der Waals surface area (Å²) >= 11 is 18.5. The lowest BCUT2D eigenvalue weighted by molar-refractivity contribution is -0.385. The summed E-state index contributed by atoms with van der Waals surface area (Å²) in [6.45, 7) is 1.84. The SMILES string of the molecule is O=[N+]([O-])c1ccc(N2CCCCC2)c(SC(Cl)(Cl)Cl)c1. The van der Waals surface area contributed by atoms with Gasteiger partial charge in [-0.25, -0.2) is 0 Å². The van der Waals surface area contributed by atoms with Crippen LogP contribution in [0.25, 0.3) is 0 Å². The molecular weight excluding hydrogens is 343 g/mol. The molecule has 1 saturated heterocycles. The highest BCUT2D eigenvalue weighted by molar-refractivity contribution is 8.04. The van der Waals surface area contributed by atoms with Gasteiger partial charge in [0, 0.05) is 30.1 Å². The average Bonchev–Trinajstić information content (AvgIpc) is 2.37. The van der Waals surface area contributed by atoms with E-state index in [4.69, 9.17) is 34.8 Å². The molecule has 0 aliphatic carbocycles. The van der Waals surface area contributed by atoms with Crippen LogP contribution in [0.1, 0.15) is 19.3 Å². The first-order chi connectivity index (χ1) is 9.37. The number of non-ortho nitro benzene ring substituents is 1. The van der Waals surface area contributed by atoms with E-state index in [1.165, 1.54) is 18.6 Å². The van der Waals surface area contributed by atoms with Crippen molar-refractivity contribution in [3.8, 4) is 0 Å². The third-order valence-corrected chi connectivity index (χ3v) is 4.55. The van der Waals surface area contributed by atoms with Crippen LogP contribution >= 0.6 is 46.6 Å². The zero-order valence-corrected chi connectivity index (χ0v) is 13.6. The van der Waals surface area contributed by atoms with Crippen molar-refractivity contribution in [3.05, 3.63) is 28.3 Å².